The average Bonchev–Trinajstić information content (AvgIpc) is 2.62. The van der Waals surface area contributed by atoms with Gasteiger partial charge in [-0.15, -0.1) is 0 Å². The second-order valence-corrected chi connectivity index (χ2v) is 6.77. The van der Waals surface area contributed by atoms with E-state index >= 15 is 0 Å². The number of ether oxygens (including phenoxy) is 2. The monoisotopic (exact) mass is 415 g/mol. The molecule has 0 bridgehead atoms. The summed E-state index contributed by atoms with van der Waals surface area (Å²) < 4.78 is 8.41. The molecule has 0 saturated heterocycles. The molecule has 0 saturated carbocycles. The van der Waals surface area contributed by atoms with Gasteiger partial charge in [0, 0.05) is 12.8 Å². The molecule has 0 rings (SSSR count). The molecule has 0 heterocycles. The number of carbonyl (C=O) groups is 5. The van der Waals surface area contributed by atoms with E-state index < -0.39 is 36.1 Å². The van der Waals surface area contributed by atoms with Crippen molar-refractivity contribution in [2.75, 3.05) is 0 Å². The van der Waals surface area contributed by atoms with Crippen LogP contribution < -0.4 is 16.8 Å². The van der Waals surface area contributed by atoms with E-state index in [1.807, 2.05) is 0 Å². The Balaban J connectivity index is 4.24. The SMILES string of the molecule is CCCCCCCCCCCC(=O)N[C@@H](CCC(=O)OC(N)=O)C(=O)OC(N)=O. The molecule has 0 spiro atoms. The molecule has 10 heteroatoms. The molecule has 0 aromatic heterocycles. The van der Waals surface area contributed by atoms with Crippen LogP contribution in [0.15, 0.2) is 0 Å². The number of hydrogen-bond donors (Lipinski definition) is 3. The van der Waals surface area contributed by atoms with Crippen molar-refractivity contribution in [2.24, 2.45) is 11.5 Å². The highest BCUT2D eigenvalue weighted by Gasteiger charge is 2.25. The molecule has 0 aliphatic carbocycles. The number of amides is 3. The van der Waals surface area contributed by atoms with E-state index in [0.717, 1.165) is 19.3 Å². The lowest BCUT2D eigenvalue weighted by atomic mass is 10.1. The summed E-state index contributed by atoms with van der Waals surface area (Å²) >= 11 is 0. The third kappa shape index (κ3) is 16.0. The van der Waals surface area contributed by atoms with E-state index in [1.165, 1.54) is 32.1 Å². The fraction of sp³-hybridized carbons (Fsp3) is 0.737. The van der Waals surface area contributed by atoms with E-state index in [9.17, 15) is 24.0 Å². The first-order valence-corrected chi connectivity index (χ1v) is 10.1. The Labute approximate surface area is 171 Å². The Morgan fingerprint density at radius 3 is 1.79 bits per heavy atom. The molecule has 3 amide bonds. The number of nitrogens with one attached hydrogen (secondary N) is 1. The van der Waals surface area contributed by atoms with Gasteiger partial charge in [0.15, 0.2) is 0 Å². The Morgan fingerprint density at radius 1 is 0.759 bits per heavy atom. The lowest BCUT2D eigenvalue weighted by Crippen LogP contribution is -2.43. The molecule has 0 aromatic rings. The van der Waals surface area contributed by atoms with Crippen molar-refractivity contribution < 1.29 is 33.4 Å². The Hall–Kier alpha value is -2.65. The van der Waals surface area contributed by atoms with Gasteiger partial charge in [-0.1, -0.05) is 58.3 Å². The molecule has 0 radical (unpaired) electrons. The van der Waals surface area contributed by atoms with Crippen molar-refractivity contribution in [1.29, 1.82) is 0 Å². The zero-order valence-corrected chi connectivity index (χ0v) is 17.1. The van der Waals surface area contributed by atoms with Gasteiger partial charge in [-0.25, -0.2) is 14.4 Å². The standard InChI is InChI=1S/C19H33N3O7/c1-2-3-4-5-6-7-8-9-10-11-15(23)22-14(17(25)29-19(21)27)12-13-16(24)28-18(20)26/h14H,2-13H2,1H3,(H2,20,26)(H2,21,27)(H,22,23)/t14-/m0/s1. The zero-order chi connectivity index (χ0) is 22.1. The lowest BCUT2D eigenvalue weighted by molar-refractivity contribution is -0.143. The fourth-order valence-electron chi connectivity index (χ4n) is 2.71. The van der Waals surface area contributed by atoms with Crippen molar-refractivity contribution in [3.05, 3.63) is 0 Å². The van der Waals surface area contributed by atoms with Crippen molar-refractivity contribution in [2.45, 2.75) is 90.0 Å². The maximum atomic E-state index is 12.0. The van der Waals surface area contributed by atoms with Crippen LogP contribution in [0.5, 0.6) is 0 Å². The molecule has 0 aliphatic heterocycles. The quantitative estimate of drug-likeness (QED) is 0.209. The minimum Gasteiger partial charge on any atom is -0.376 e. The van der Waals surface area contributed by atoms with Gasteiger partial charge in [-0.3, -0.25) is 9.59 Å². The molecule has 5 N–H and O–H groups in total. The number of unbranched alkanes of at least 4 members (excludes halogenated alkanes) is 8. The molecule has 1 atom stereocenters. The molecule has 29 heavy (non-hydrogen) atoms. The minimum atomic E-state index is -1.33. The van der Waals surface area contributed by atoms with E-state index in [4.69, 9.17) is 11.5 Å². The largest absolute Gasteiger partial charge is 0.412 e. The summed E-state index contributed by atoms with van der Waals surface area (Å²) in [5.41, 5.74) is 9.52. The minimum absolute atomic E-state index is 0.196. The molecule has 0 aliphatic rings. The van der Waals surface area contributed by atoms with Crippen LogP contribution in [0.3, 0.4) is 0 Å². The predicted octanol–water partition coefficient (Wildman–Crippen LogP) is 2.42. The van der Waals surface area contributed by atoms with Crippen LogP contribution in [0, 0.1) is 0 Å². The summed E-state index contributed by atoms with van der Waals surface area (Å²) in [5, 5.41) is 2.41. The van der Waals surface area contributed by atoms with Crippen molar-refractivity contribution in [3.8, 4) is 0 Å². The molecule has 0 fully saturated rings. The highest BCUT2D eigenvalue weighted by atomic mass is 16.6. The predicted molar refractivity (Wildman–Crippen MR) is 104 cm³/mol. The maximum absolute atomic E-state index is 12.0. The number of esters is 2. The summed E-state index contributed by atoms with van der Waals surface area (Å²) in [7, 11) is 0. The topological polar surface area (TPSA) is 168 Å². The second-order valence-electron chi connectivity index (χ2n) is 6.77. The molecule has 10 nitrogen and oxygen atoms in total. The molecular weight excluding hydrogens is 382 g/mol. The summed E-state index contributed by atoms with van der Waals surface area (Å²) in [6.45, 7) is 2.18. The first kappa shape index (κ1) is 26.4. The Morgan fingerprint density at radius 2 is 1.28 bits per heavy atom. The Bertz CT molecular complexity index is 552. The third-order valence-electron chi connectivity index (χ3n) is 4.18. The fourth-order valence-corrected chi connectivity index (χ4v) is 2.71. The van der Waals surface area contributed by atoms with Gasteiger partial charge >= 0.3 is 24.1 Å². The molecule has 0 aromatic carbocycles. The summed E-state index contributed by atoms with van der Waals surface area (Å²) in [5.74, 6) is -2.48. The number of nitrogens with two attached hydrogens (primary N) is 2. The maximum Gasteiger partial charge on any atom is 0.412 e. The van der Waals surface area contributed by atoms with Crippen LogP contribution in [0.4, 0.5) is 9.59 Å². The highest BCUT2D eigenvalue weighted by Crippen LogP contribution is 2.11. The summed E-state index contributed by atoms with van der Waals surface area (Å²) in [6, 6.07) is -1.27. The van der Waals surface area contributed by atoms with E-state index in [0.29, 0.717) is 6.42 Å². The van der Waals surface area contributed by atoms with Gasteiger partial charge in [0.25, 0.3) is 0 Å². The number of primary amides is 2. The third-order valence-corrected chi connectivity index (χ3v) is 4.18. The van der Waals surface area contributed by atoms with Gasteiger partial charge in [0.05, 0.1) is 0 Å². The smallest absolute Gasteiger partial charge is 0.376 e. The molecule has 166 valence electrons. The first-order valence-electron chi connectivity index (χ1n) is 10.1. The van der Waals surface area contributed by atoms with E-state index in [2.05, 4.69) is 21.7 Å². The average molecular weight is 415 g/mol. The zero-order valence-electron chi connectivity index (χ0n) is 17.1. The van der Waals surface area contributed by atoms with Crippen LogP contribution in [-0.2, 0) is 23.9 Å². The van der Waals surface area contributed by atoms with Crippen LogP contribution in [0.2, 0.25) is 0 Å². The highest BCUT2D eigenvalue weighted by molar-refractivity contribution is 5.91. The van der Waals surface area contributed by atoms with Gasteiger partial charge < -0.3 is 26.3 Å². The number of carbonyl (C=O) groups excluding carboxylic acids is 5. The number of hydrogen-bond acceptors (Lipinski definition) is 7. The normalized spacial score (nSPS) is 11.3. The van der Waals surface area contributed by atoms with Gasteiger partial charge in [0.1, 0.15) is 6.04 Å². The van der Waals surface area contributed by atoms with Crippen LogP contribution in [0.1, 0.15) is 84.0 Å². The van der Waals surface area contributed by atoms with Gasteiger partial charge in [-0.2, -0.15) is 0 Å². The van der Waals surface area contributed by atoms with Crippen molar-refractivity contribution >= 4 is 30.0 Å². The Kier molecular flexibility index (Phi) is 14.8. The van der Waals surface area contributed by atoms with Crippen LogP contribution >= 0.6 is 0 Å². The summed E-state index contributed by atoms with van der Waals surface area (Å²) in [6.07, 6.45) is 6.84. The van der Waals surface area contributed by atoms with Crippen molar-refractivity contribution in [3.63, 3.8) is 0 Å². The van der Waals surface area contributed by atoms with Crippen LogP contribution in [0.25, 0.3) is 0 Å². The lowest BCUT2D eigenvalue weighted by Gasteiger charge is -2.16. The van der Waals surface area contributed by atoms with E-state index in [1.54, 1.807) is 0 Å². The molecule has 0 unspecified atom stereocenters. The summed E-state index contributed by atoms with van der Waals surface area (Å²) in [4.78, 5) is 56.6. The van der Waals surface area contributed by atoms with Crippen LogP contribution in [-0.4, -0.2) is 36.1 Å². The van der Waals surface area contributed by atoms with Crippen molar-refractivity contribution in [1.82, 2.24) is 5.32 Å². The van der Waals surface area contributed by atoms with E-state index in [-0.39, 0.29) is 19.3 Å². The van der Waals surface area contributed by atoms with Gasteiger partial charge in [-0.05, 0) is 12.8 Å². The molecular formula is C19H33N3O7. The van der Waals surface area contributed by atoms with Gasteiger partial charge in [0.2, 0.25) is 5.91 Å². The number of rotatable bonds is 15. The second kappa shape index (κ2) is 16.3. The first-order chi connectivity index (χ1) is 13.8.